The molecule has 1 aromatic heterocycles. The number of benzene rings is 2. The minimum Gasteiger partial charge on any atom is -0.437 e. The first-order valence-electron chi connectivity index (χ1n) is 6.02. The molecular weight excluding hydrogens is 258 g/mol. The molecule has 3 rings (SSSR count). The fourth-order valence-electron chi connectivity index (χ4n) is 1.92. The summed E-state index contributed by atoms with van der Waals surface area (Å²) in [6.45, 7) is 2.07. The molecule has 0 fully saturated rings. The van der Waals surface area contributed by atoms with E-state index in [2.05, 4.69) is 24.0 Å². The predicted molar refractivity (Wildman–Crippen MR) is 79.1 cm³/mol. The summed E-state index contributed by atoms with van der Waals surface area (Å²) < 4.78 is 5.63. The Balaban J connectivity index is 1.95. The number of oxazole rings is 1. The largest absolute Gasteiger partial charge is 0.437 e. The first-order chi connectivity index (χ1) is 9.22. The summed E-state index contributed by atoms with van der Waals surface area (Å²) in [6, 6.07) is 13.6. The Hall–Kier alpha value is -2.06. The molecule has 0 N–H and O–H groups in total. The zero-order valence-electron chi connectivity index (χ0n) is 10.4. The Kier molecular flexibility index (Phi) is 3.10. The molecule has 0 aliphatic carbocycles. The van der Waals surface area contributed by atoms with Crippen LogP contribution in [0, 0.1) is 6.92 Å². The second-order valence-electron chi connectivity index (χ2n) is 4.35. The van der Waals surface area contributed by atoms with E-state index < -0.39 is 0 Å². The van der Waals surface area contributed by atoms with Crippen LogP contribution in [0.15, 0.2) is 46.9 Å². The molecule has 0 radical (unpaired) electrons. The maximum Gasteiger partial charge on any atom is 0.220 e. The minimum absolute atomic E-state index is 0.584. The highest BCUT2D eigenvalue weighted by Gasteiger charge is 2.03. The van der Waals surface area contributed by atoms with Gasteiger partial charge in [-0.1, -0.05) is 35.9 Å². The summed E-state index contributed by atoms with van der Waals surface area (Å²) in [5.41, 5.74) is 3.89. The molecule has 0 saturated heterocycles. The molecule has 3 heteroatoms. The predicted octanol–water partition coefficient (Wildman–Crippen LogP) is 4.96. The quantitative estimate of drug-likeness (QED) is 0.657. The average Bonchev–Trinajstić information content (AvgIpc) is 2.79. The maximum absolute atomic E-state index is 5.92. The van der Waals surface area contributed by atoms with Crippen LogP contribution in [0.2, 0.25) is 5.02 Å². The van der Waals surface area contributed by atoms with Gasteiger partial charge in [-0.15, -0.1) is 0 Å². The normalized spacial score (nSPS) is 11.5. The van der Waals surface area contributed by atoms with Gasteiger partial charge in [0.05, 0.1) is 0 Å². The summed E-state index contributed by atoms with van der Waals surface area (Å²) in [5.74, 6) is 0.584. The minimum atomic E-state index is 0.584. The number of hydrogen-bond donors (Lipinski definition) is 0. The van der Waals surface area contributed by atoms with E-state index in [0.29, 0.717) is 10.9 Å². The number of halogens is 1. The van der Waals surface area contributed by atoms with Gasteiger partial charge >= 0.3 is 0 Å². The molecule has 2 nitrogen and oxygen atoms in total. The van der Waals surface area contributed by atoms with Crippen LogP contribution < -0.4 is 0 Å². The van der Waals surface area contributed by atoms with Crippen molar-refractivity contribution in [2.75, 3.05) is 0 Å². The molecular formula is C16H12ClNO. The van der Waals surface area contributed by atoms with E-state index in [1.54, 1.807) is 12.1 Å². The van der Waals surface area contributed by atoms with Crippen LogP contribution in [0.3, 0.4) is 0 Å². The van der Waals surface area contributed by atoms with Crippen molar-refractivity contribution >= 4 is 34.9 Å². The van der Waals surface area contributed by atoms with Crippen molar-refractivity contribution < 1.29 is 4.42 Å². The Labute approximate surface area is 116 Å². The average molecular weight is 270 g/mol. The summed E-state index contributed by atoms with van der Waals surface area (Å²) in [5, 5.41) is 0.662. The van der Waals surface area contributed by atoms with Crippen molar-refractivity contribution in [3.63, 3.8) is 0 Å². The van der Waals surface area contributed by atoms with Crippen LogP contribution >= 0.6 is 11.6 Å². The second kappa shape index (κ2) is 4.90. The Bertz CT molecular complexity index is 758. The van der Waals surface area contributed by atoms with Crippen molar-refractivity contribution in [1.29, 1.82) is 0 Å². The van der Waals surface area contributed by atoms with E-state index in [9.17, 15) is 0 Å². The molecule has 3 aromatic rings. The Morgan fingerprint density at radius 1 is 1.11 bits per heavy atom. The molecule has 2 aromatic carbocycles. The molecule has 0 spiro atoms. The summed E-state index contributed by atoms with van der Waals surface area (Å²) in [6.07, 6.45) is 3.87. The van der Waals surface area contributed by atoms with Gasteiger partial charge in [-0.2, -0.15) is 0 Å². The lowest BCUT2D eigenvalue weighted by Gasteiger charge is -1.96. The van der Waals surface area contributed by atoms with Crippen molar-refractivity contribution in [2.45, 2.75) is 6.92 Å². The number of nitrogens with zero attached hydrogens (tertiary/aromatic N) is 1. The van der Waals surface area contributed by atoms with E-state index in [0.717, 1.165) is 16.7 Å². The third-order valence-electron chi connectivity index (χ3n) is 2.96. The lowest BCUT2D eigenvalue weighted by molar-refractivity contribution is 0.590. The molecule has 94 valence electrons. The molecule has 19 heavy (non-hydrogen) atoms. The Morgan fingerprint density at radius 3 is 2.79 bits per heavy atom. The molecule has 1 heterocycles. The third kappa shape index (κ3) is 2.54. The molecule has 0 aliphatic rings. The van der Waals surface area contributed by atoms with E-state index in [-0.39, 0.29) is 0 Å². The smallest absolute Gasteiger partial charge is 0.220 e. The van der Waals surface area contributed by atoms with Gasteiger partial charge in [0, 0.05) is 11.1 Å². The number of hydrogen-bond acceptors (Lipinski definition) is 2. The van der Waals surface area contributed by atoms with Gasteiger partial charge < -0.3 is 4.42 Å². The zero-order chi connectivity index (χ0) is 13.2. The van der Waals surface area contributed by atoms with E-state index >= 15 is 0 Å². The highest BCUT2D eigenvalue weighted by atomic mass is 35.5. The topological polar surface area (TPSA) is 26.0 Å². The van der Waals surface area contributed by atoms with Crippen LogP contribution in [0.1, 0.15) is 17.0 Å². The van der Waals surface area contributed by atoms with Crippen molar-refractivity contribution in [3.8, 4) is 0 Å². The number of aromatic nitrogens is 1. The first kappa shape index (κ1) is 12.0. The second-order valence-corrected chi connectivity index (χ2v) is 4.79. The fourth-order valence-corrected chi connectivity index (χ4v) is 2.09. The van der Waals surface area contributed by atoms with Gasteiger partial charge in [0.2, 0.25) is 5.89 Å². The molecule has 0 amide bonds. The molecule has 0 atom stereocenters. The molecule has 0 unspecified atom stereocenters. The third-order valence-corrected chi connectivity index (χ3v) is 3.20. The SMILES string of the molecule is Cc1ccccc1C=Cc1nc2cc(Cl)ccc2o1. The van der Waals surface area contributed by atoms with Gasteiger partial charge in [-0.05, 0) is 42.3 Å². The van der Waals surface area contributed by atoms with Gasteiger partial charge in [-0.3, -0.25) is 0 Å². The first-order valence-corrected chi connectivity index (χ1v) is 6.40. The van der Waals surface area contributed by atoms with Gasteiger partial charge in [0.25, 0.3) is 0 Å². The van der Waals surface area contributed by atoms with Crippen LogP contribution in [0.4, 0.5) is 0 Å². The van der Waals surface area contributed by atoms with Crippen LogP contribution in [0.25, 0.3) is 23.3 Å². The number of aryl methyl sites for hydroxylation is 1. The molecule has 0 bridgehead atoms. The van der Waals surface area contributed by atoms with E-state index in [1.165, 1.54) is 5.56 Å². The monoisotopic (exact) mass is 269 g/mol. The maximum atomic E-state index is 5.92. The summed E-state index contributed by atoms with van der Waals surface area (Å²) >= 11 is 5.92. The summed E-state index contributed by atoms with van der Waals surface area (Å²) in [7, 11) is 0. The van der Waals surface area contributed by atoms with Gasteiger partial charge in [0.1, 0.15) is 5.52 Å². The van der Waals surface area contributed by atoms with Crippen LogP contribution in [0.5, 0.6) is 0 Å². The lowest BCUT2D eigenvalue weighted by atomic mass is 10.1. The lowest BCUT2D eigenvalue weighted by Crippen LogP contribution is -1.78. The van der Waals surface area contributed by atoms with Crippen molar-refractivity contribution in [2.24, 2.45) is 0 Å². The van der Waals surface area contributed by atoms with Crippen LogP contribution in [-0.2, 0) is 0 Å². The van der Waals surface area contributed by atoms with E-state index in [1.807, 2.05) is 30.4 Å². The molecule has 0 saturated carbocycles. The number of rotatable bonds is 2. The number of fused-ring (bicyclic) bond motifs is 1. The highest BCUT2D eigenvalue weighted by molar-refractivity contribution is 6.31. The standard InChI is InChI=1S/C16H12ClNO/c1-11-4-2-3-5-12(11)6-9-16-18-14-10-13(17)7-8-15(14)19-16/h2-10H,1H3. The van der Waals surface area contributed by atoms with Crippen LogP contribution in [-0.4, -0.2) is 4.98 Å². The summed E-state index contributed by atoms with van der Waals surface area (Å²) in [4.78, 5) is 4.38. The zero-order valence-corrected chi connectivity index (χ0v) is 11.2. The van der Waals surface area contributed by atoms with Gasteiger partial charge in [0.15, 0.2) is 5.58 Å². The molecule has 0 aliphatic heterocycles. The van der Waals surface area contributed by atoms with Crippen molar-refractivity contribution in [1.82, 2.24) is 4.98 Å². The van der Waals surface area contributed by atoms with Gasteiger partial charge in [-0.25, -0.2) is 4.98 Å². The highest BCUT2D eigenvalue weighted by Crippen LogP contribution is 2.21. The Morgan fingerprint density at radius 2 is 1.95 bits per heavy atom. The van der Waals surface area contributed by atoms with E-state index in [4.69, 9.17) is 16.0 Å². The van der Waals surface area contributed by atoms with Crippen molar-refractivity contribution in [3.05, 3.63) is 64.5 Å². The fraction of sp³-hybridized carbons (Fsp3) is 0.0625.